The first-order valence-corrected chi connectivity index (χ1v) is 14.7. The molecule has 0 N–H and O–H groups in total. The Kier molecular flexibility index (Phi) is 11.7. The van der Waals surface area contributed by atoms with Crippen LogP contribution in [0.1, 0.15) is 28.2 Å². The van der Waals surface area contributed by atoms with Crippen molar-refractivity contribution in [3.8, 4) is 35.6 Å². The minimum absolute atomic E-state index is 0.235. The molecule has 0 atom stereocenters. The molecule has 0 aliphatic heterocycles. The van der Waals surface area contributed by atoms with Crippen molar-refractivity contribution in [1.29, 1.82) is 0 Å². The molecule has 0 saturated carbocycles. The largest absolute Gasteiger partial charge is 0.265 e. The minimum Gasteiger partial charge on any atom is -0.265 e. The Hall–Kier alpha value is -6.15. The summed E-state index contributed by atoms with van der Waals surface area (Å²) in [4.78, 5) is 14.2. The molecule has 0 amide bonds. The lowest BCUT2D eigenvalue weighted by Gasteiger charge is -2.04. The van der Waals surface area contributed by atoms with Crippen LogP contribution in [0.3, 0.4) is 0 Å². The predicted molar refractivity (Wildman–Crippen MR) is 184 cm³/mol. The first-order chi connectivity index (χ1) is 22.7. The quantitative estimate of drug-likeness (QED) is 0.102. The summed E-state index contributed by atoms with van der Waals surface area (Å²) >= 11 is 2.09. The zero-order valence-electron chi connectivity index (χ0n) is 25.0. The lowest BCUT2D eigenvalue weighted by Crippen LogP contribution is -1.99. The van der Waals surface area contributed by atoms with Gasteiger partial charge in [-0.2, -0.15) is 10.2 Å². The Morgan fingerprint density at radius 2 is 1.17 bits per heavy atom. The van der Waals surface area contributed by atoms with Crippen molar-refractivity contribution in [2.24, 2.45) is 0 Å². The van der Waals surface area contributed by atoms with E-state index in [1.54, 1.807) is 58.4 Å². The van der Waals surface area contributed by atoms with Crippen LogP contribution in [0.2, 0.25) is 0 Å². The van der Waals surface area contributed by atoms with Crippen LogP contribution in [0, 0.1) is 66.5 Å². The fourth-order valence-electron chi connectivity index (χ4n) is 4.01. The highest BCUT2D eigenvalue weighted by molar-refractivity contribution is 14.1. The lowest BCUT2D eigenvalue weighted by molar-refractivity contribution is 0.625. The number of nitrogens with zero attached hydrogens (tertiary/aromatic N) is 8. The Bertz CT molecular complexity index is 2190. The lowest BCUT2D eigenvalue weighted by atomic mass is 10.2. The molecule has 8 nitrogen and oxygen atoms in total. The molecule has 0 bridgehead atoms. The Morgan fingerprint density at radius 1 is 0.681 bits per heavy atom. The summed E-state index contributed by atoms with van der Waals surface area (Å²) < 4.78 is 30.9. The van der Waals surface area contributed by atoms with Crippen LogP contribution in [-0.2, 0) is 0 Å². The zero-order valence-corrected chi connectivity index (χ0v) is 27.2. The molecule has 0 unspecified atom stereocenters. The second kappa shape index (κ2) is 16.2. The van der Waals surface area contributed by atoms with Crippen molar-refractivity contribution >= 4 is 34.0 Å². The van der Waals surface area contributed by atoms with Crippen LogP contribution in [0.4, 0.5) is 20.2 Å². The van der Waals surface area contributed by atoms with Crippen LogP contribution >= 0.6 is 22.6 Å². The monoisotopic (exact) mass is 732 g/mol. The minimum atomic E-state index is -0.465. The molecule has 228 valence electrons. The summed E-state index contributed by atoms with van der Waals surface area (Å²) in [5.74, 6) is 7.57. The Balaban J connectivity index is 0.000000180. The van der Waals surface area contributed by atoms with E-state index in [9.17, 15) is 8.78 Å². The van der Waals surface area contributed by atoms with Crippen molar-refractivity contribution in [1.82, 2.24) is 29.5 Å². The Morgan fingerprint density at radius 3 is 1.62 bits per heavy atom. The van der Waals surface area contributed by atoms with Crippen molar-refractivity contribution < 1.29 is 8.78 Å². The summed E-state index contributed by atoms with van der Waals surface area (Å²) in [6.45, 7) is 17.6. The summed E-state index contributed by atoms with van der Waals surface area (Å²) in [6.07, 6.45) is 11.8. The smallest absolute Gasteiger partial charge is 0.192 e. The molecule has 0 spiro atoms. The molecule has 47 heavy (non-hydrogen) atoms. The second-order valence-electron chi connectivity index (χ2n) is 9.53. The number of aromatic nitrogens is 6. The Labute approximate surface area is 284 Å². The highest BCUT2D eigenvalue weighted by atomic mass is 127. The third-order valence-electron chi connectivity index (χ3n) is 6.09. The van der Waals surface area contributed by atoms with Gasteiger partial charge in [0.25, 0.3) is 0 Å². The van der Waals surface area contributed by atoms with Crippen molar-refractivity contribution in [2.45, 2.75) is 13.8 Å². The molecule has 6 aromatic rings. The molecule has 11 heteroatoms. The summed E-state index contributed by atoms with van der Waals surface area (Å²) in [6, 6.07) is 19.2. The van der Waals surface area contributed by atoms with Gasteiger partial charge in [-0.25, -0.2) is 27.8 Å². The highest BCUT2D eigenvalue weighted by Crippen LogP contribution is 2.22. The van der Waals surface area contributed by atoms with Gasteiger partial charge in [0.2, 0.25) is 0 Å². The van der Waals surface area contributed by atoms with Gasteiger partial charge in [-0.1, -0.05) is 11.8 Å². The first kappa shape index (κ1) is 33.7. The molecular formula is C36H23F2IN8. The number of terminal acetylenes is 1. The number of pyridine rings is 2. The van der Waals surface area contributed by atoms with E-state index in [-0.39, 0.29) is 11.4 Å². The molecule has 0 radical (unpaired) electrons. The van der Waals surface area contributed by atoms with Crippen LogP contribution < -0.4 is 0 Å². The standard InChI is InChI=1S/C18H11FN4.C11H7FIN3.C7H5N/c1-13-9-16(4-3-14-5-7-21-8-6-14)22-23(13)18-11-15(19)10-17(12-18)20-2;1-7-3-11(13)15-16(7)10-5-8(12)4-9(6-10)14-2;1-2-7-3-5-8-6-4-7/h5-12H,1H3;3-6H,1H3;1,3-6H. The van der Waals surface area contributed by atoms with E-state index in [1.807, 2.05) is 38.1 Å². The molecule has 2 aromatic carbocycles. The molecule has 4 aromatic heterocycles. The molecule has 0 aliphatic carbocycles. The van der Waals surface area contributed by atoms with Gasteiger partial charge in [0.05, 0.1) is 24.5 Å². The molecular weight excluding hydrogens is 709 g/mol. The average Bonchev–Trinajstić information content (AvgIpc) is 3.64. The second-order valence-corrected chi connectivity index (χ2v) is 10.6. The summed E-state index contributed by atoms with van der Waals surface area (Å²) in [5, 5.41) is 8.60. The van der Waals surface area contributed by atoms with Gasteiger partial charge in [-0.05, 0) is 115 Å². The van der Waals surface area contributed by atoms with Gasteiger partial charge in [0.1, 0.15) is 21.0 Å². The van der Waals surface area contributed by atoms with Gasteiger partial charge in [-0.3, -0.25) is 9.97 Å². The van der Waals surface area contributed by atoms with Crippen molar-refractivity contribution in [2.75, 3.05) is 0 Å². The number of aryl methyl sites for hydroxylation is 2. The maximum atomic E-state index is 13.6. The van der Waals surface area contributed by atoms with Crippen molar-refractivity contribution in [3.05, 3.63) is 164 Å². The molecule has 4 heterocycles. The van der Waals surface area contributed by atoms with Gasteiger partial charge < -0.3 is 0 Å². The number of rotatable bonds is 2. The molecule has 0 saturated heterocycles. The maximum Gasteiger partial charge on any atom is 0.192 e. The maximum absolute atomic E-state index is 13.6. The normalized spacial score (nSPS) is 9.57. The van der Waals surface area contributed by atoms with Gasteiger partial charge in [0, 0.05) is 47.3 Å². The van der Waals surface area contributed by atoms with E-state index in [2.05, 4.69) is 70.2 Å². The number of halogens is 3. The zero-order chi connectivity index (χ0) is 33.8. The van der Waals surface area contributed by atoms with Crippen LogP contribution in [0.25, 0.3) is 21.1 Å². The fraction of sp³-hybridized carbons (Fsp3) is 0.0556. The summed E-state index contributed by atoms with van der Waals surface area (Å²) in [5.41, 5.74) is 5.61. The van der Waals surface area contributed by atoms with Crippen LogP contribution in [0.15, 0.2) is 97.6 Å². The first-order valence-electron chi connectivity index (χ1n) is 13.6. The molecule has 0 fully saturated rings. The van der Waals surface area contributed by atoms with Crippen LogP contribution in [-0.4, -0.2) is 29.5 Å². The predicted octanol–water partition coefficient (Wildman–Crippen LogP) is 8.20. The average molecular weight is 733 g/mol. The van der Waals surface area contributed by atoms with Crippen LogP contribution in [0.5, 0.6) is 0 Å². The van der Waals surface area contributed by atoms with Crippen molar-refractivity contribution in [3.63, 3.8) is 0 Å². The topological polar surface area (TPSA) is 70.1 Å². The number of hydrogen-bond acceptors (Lipinski definition) is 4. The van der Waals surface area contributed by atoms with E-state index in [0.29, 0.717) is 17.1 Å². The SMILES string of the molecule is C#Cc1ccncc1.[C-]#[N+]c1cc(F)cc(-n2nc(C#Cc3ccncc3)cc2C)c1.[C-]#[N+]c1cc(F)cc(-n2nc(I)cc2C)c1. The van der Waals surface area contributed by atoms with E-state index >= 15 is 0 Å². The highest BCUT2D eigenvalue weighted by Gasteiger charge is 2.09. The van der Waals surface area contributed by atoms with E-state index in [4.69, 9.17) is 19.6 Å². The van der Waals surface area contributed by atoms with E-state index < -0.39 is 11.6 Å². The van der Waals surface area contributed by atoms with Gasteiger partial charge in [0.15, 0.2) is 11.4 Å². The third-order valence-corrected chi connectivity index (χ3v) is 6.62. The fourth-order valence-corrected chi connectivity index (χ4v) is 4.67. The number of hydrogen-bond donors (Lipinski definition) is 0. The van der Waals surface area contributed by atoms with Gasteiger partial charge in [-0.15, -0.1) is 6.42 Å². The summed E-state index contributed by atoms with van der Waals surface area (Å²) in [7, 11) is 0. The molecule has 6 rings (SSSR count). The van der Waals surface area contributed by atoms with Gasteiger partial charge >= 0.3 is 0 Å². The molecule has 0 aliphatic rings. The van der Waals surface area contributed by atoms with E-state index in [1.165, 1.54) is 24.3 Å². The van der Waals surface area contributed by atoms with E-state index in [0.717, 1.165) is 26.2 Å². The third kappa shape index (κ3) is 9.67. The number of benzene rings is 2.